The van der Waals surface area contributed by atoms with E-state index in [9.17, 15) is 4.39 Å². The molecule has 21 heavy (non-hydrogen) atoms. The lowest BCUT2D eigenvalue weighted by molar-refractivity contribution is 0.621. The average molecular weight is 346 g/mol. The zero-order valence-corrected chi connectivity index (χ0v) is 12.9. The van der Waals surface area contributed by atoms with E-state index in [4.69, 9.17) is 5.73 Å². The molecule has 0 atom stereocenters. The summed E-state index contributed by atoms with van der Waals surface area (Å²) in [6.07, 6.45) is 0. The van der Waals surface area contributed by atoms with Crippen LogP contribution in [0.2, 0.25) is 0 Å². The van der Waals surface area contributed by atoms with E-state index in [-0.39, 0.29) is 5.82 Å². The van der Waals surface area contributed by atoms with Gasteiger partial charge >= 0.3 is 0 Å². The number of hydrogen-bond donors (Lipinski definition) is 2. The average Bonchev–Trinajstić information content (AvgIpc) is 2.84. The number of nitrogens with two attached hydrogens (primary N) is 1. The summed E-state index contributed by atoms with van der Waals surface area (Å²) in [4.78, 5) is 0. The minimum absolute atomic E-state index is 0.302. The predicted molar refractivity (Wildman–Crippen MR) is 86.3 cm³/mol. The zero-order chi connectivity index (χ0) is 15.0. The Morgan fingerprint density at radius 1 is 1.19 bits per heavy atom. The number of anilines is 1. The molecule has 3 rings (SSSR count). The van der Waals surface area contributed by atoms with Crippen LogP contribution in [0, 0.1) is 12.7 Å². The van der Waals surface area contributed by atoms with Crippen LogP contribution in [0.4, 0.5) is 10.2 Å². The van der Waals surface area contributed by atoms with Gasteiger partial charge in [0.25, 0.3) is 0 Å². The highest BCUT2D eigenvalue weighted by molar-refractivity contribution is 9.10. The van der Waals surface area contributed by atoms with Crippen LogP contribution in [0.3, 0.4) is 0 Å². The highest BCUT2D eigenvalue weighted by Gasteiger charge is 2.16. The Morgan fingerprint density at radius 2 is 1.95 bits per heavy atom. The van der Waals surface area contributed by atoms with E-state index in [1.165, 1.54) is 6.07 Å². The molecular formula is C16H13BrFN3. The number of hydrogen-bond acceptors (Lipinski definition) is 2. The zero-order valence-electron chi connectivity index (χ0n) is 11.3. The van der Waals surface area contributed by atoms with Gasteiger partial charge in [-0.15, -0.1) is 0 Å². The fourth-order valence-electron chi connectivity index (χ4n) is 2.34. The number of nitrogens with zero attached hydrogens (tertiary/aromatic N) is 1. The Hall–Kier alpha value is -2.14. The van der Waals surface area contributed by atoms with Crippen molar-refractivity contribution < 1.29 is 4.39 Å². The molecule has 0 aliphatic carbocycles. The number of aromatic nitrogens is 2. The van der Waals surface area contributed by atoms with Gasteiger partial charge in [-0.3, -0.25) is 5.10 Å². The molecule has 0 spiro atoms. The van der Waals surface area contributed by atoms with Crippen molar-refractivity contribution >= 4 is 21.7 Å². The highest BCUT2D eigenvalue weighted by atomic mass is 79.9. The Kier molecular flexibility index (Phi) is 3.51. The first-order valence-corrected chi connectivity index (χ1v) is 7.22. The van der Waals surface area contributed by atoms with E-state index in [1.54, 1.807) is 12.1 Å². The van der Waals surface area contributed by atoms with Crippen LogP contribution >= 0.6 is 15.9 Å². The molecule has 3 nitrogen and oxygen atoms in total. The molecule has 3 N–H and O–H groups in total. The van der Waals surface area contributed by atoms with Gasteiger partial charge in [0.2, 0.25) is 0 Å². The van der Waals surface area contributed by atoms with Crippen molar-refractivity contribution in [3.63, 3.8) is 0 Å². The van der Waals surface area contributed by atoms with Crippen LogP contribution in [0.1, 0.15) is 5.56 Å². The number of H-pyrrole nitrogens is 1. The number of nitrogen functional groups attached to an aromatic ring is 1. The number of rotatable bonds is 2. The largest absolute Gasteiger partial charge is 0.382 e. The second-order valence-electron chi connectivity index (χ2n) is 4.80. The molecule has 1 heterocycles. The Balaban J connectivity index is 2.22. The molecular weight excluding hydrogens is 333 g/mol. The summed E-state index contributed by atoms with van der Waals surface area (Å²) in [6, 6.07) is 12.8. The molecule has 3 aromatic rings. The van der Waals surface area contributed by atoms with Crippen LogP contribution in [0.5, 0.6) is 0 Å². The van der Waals surface area contributed by atoms with Crippen molar-refractivity contribution in [3.05, 3.63) is 58.3 Å². The van der Waals surface area contributed by atoms with Gasteiger partial charge < -0.3 is 5.73 Å². The summed E-state index contributed by atoms with van der Waals surface area (Å²) < 4.78 is 13.8. The van der Waals surface area contributed by atoms with Gasteiger partial charge in [0.15, 0.2) is 5.82 Å². The van der Waals surface area contributed by atoms with Crippen molar-refractivity contribution in [3.8, 4) is 22.4 Å². The number of halogens is 2. The van der Waals surface area contributed by atoms with Crippen LogP contribution < -0.4 is 5.73 Å². The molecule has 0 aliphatic heterocycles. The van der Waals surface area contributed by atoms with Crippen LogP contribution in [-0.4, -0.2) is 10.2 Å². The third-order valence-corrected chi connectivity index (χ3v) is 4.02. The molecule has 0 fully saturated rings. The second kappa shape index (κ2) is 5.33. The molecule has 0 amide bonds. The van der Waals surface area contributed by atoms with E-state index in [0.717, 1.165) is 27.9 Å². The van der Waals surface area contributed by atoms with E-state index in [1.807, 2.05) is 31.2 Å². The fraction of sp³-hybridized carbons (Fsp3) is 0.0625. The van der Waals surface area contributed by atoms with Crippen LogP contribution in [0.15, 0.2) is 46.9 Å². The summed E-state index contributed by atoms with van der Waals surface area (Å²) >= 11 is 3.20. The van der Waals surface area contributed by atoms with Crippen molar-refractivity contribution in [2.45, 2.75) is 6.92 Å². The first-order valence-electron chi connectivity index (χ1n) is 6.43. The molecule has 0 saturated heterocycles. The minimum atomic E-state index is -0.302. The van der Waals surface area contributed by atoms with Gasteiger partial charge in [0, 0.05) is 5.56 Å². The van der Waals surface area contributed by atoms with Gasteiger partial charge in [-0.2, -0.15) is 5.10 Å². The molecule has 106 valence electrons. The first-order chi connectivity index (χ1) is 10.1. The maximum atomic E-state index is 13.4. The highest BCUT2D eigenvalue weighted by Crippen LogP contribution is 2.37. The quantitative estimate of drug-likeness (QED) is 0.716. The topological polar surface area (TPSA) is 54.7 Å². The van der Waals surface area contributed by atoms with Crippen LogP contribution in [0.25, 0.3) is 22.4 Å². The SMILES string of the molecule is Cc1ccccc1-c1c(N)n[nH]c1-c1ccc(F)c(Br)c1. The number of nitrogens with one attached hydrogen (secondary N) is 1. The summed E-state index contributed by atoms with van der Waals surface area (Å²) in [5.41, 5.74) is 10.6. The summed E-state index contributed by atoms with van der Waals surface area (Å²) in [5, 5.41) is 7.05. The normalized spacial score (nSPS) is 10.8. The predicted octanol–water partition coefficient (Wildman–Crippen LogP) is 4.54. The second-order valence-corrected chi connectivity index (χ2v) is 5.66. The molecule has 2 aromatic carbocycles. The maximum Gasteiger partial charge on any atom is 0.153 e. The Morgan fingerprint density at radius 3 is 2.67 bits per heavy atom. The molecule has 0 bridgehead atoms. The first kappa shape index (κ1) is 13.8. The summed E-state index contributed by atoms with van der Waals surface area (Å²) in [5.74, 6) is 0.128. The minimum Gasteiger partial charge on any atom is -0.382 e. The number of aryl methyl sites for hydroxylation is 1. The van der Waals surface area contributed by atoms with Gasteiger partial charge in [-0.05, 0) is 52.2 Å². The molecule has 0 aliphatic rings. The third kappa shape index (κ3) is 2.45. The van der Waals surface area contributed by atoms with Crippen LogP contribution in [-0.2, 0) is 0 Å². The monoisotopic (exact) mass is 345 g/mol. The van der Waals surface area contributed by atoms with Gasteiger partial charge in [-0.1, -0.05) is 24.3 Å². The van der Waals surface area contributed by atoms with Gasteiger partial charge in [0.05, 0.1) is 15.7 Å². The lowest BCUT2D eigenvalue weighted by atomic mass is 9.97. The third-order valence-electron chi connectivity index (χ3n) is 3.42. The maximum absolute atomic E-state index is 13.4. The molecule has 1 aromatic heterocycles. The smallest absolute Gasteiger partial charge is 0.153 e. The molecule has 0 unspecified atom stereocenters. The Labute approximate surface area is 130 Å². The van der Waals surface area contributed by atoms with Crippen molar-refractivity contribution in [2.75, 3.05) is 5.73 Å². The van der Waals surface area contributed by atoms with E-state index < -0.39 is 0 Å². The summed E-state index contributed by atoms with van der Waals surface area (Å²) in [7, 11) is 0. The van der Waals surface area contributed by atoms with E-state index >= 15 is 0 Å². The standard InChI is InChI=1S/C16H13BrFN3/c1-9-4-2-3-5-11(9)14-15(20-21-16(14)19)10-6-7-13(18)12(17)8-10/h2-8H,1H3,(H3,19,20,21). The van der Waals surface area contributed by atoms with Gasteiger partial charge in [0.1, 0.15) is 5.82 Å². The fourth-order valence-corrected chi connectivity index (χ4v) is 2.72. The van der Waals surface area contributed by atoms with Gasteiger partial charge in [-0.25, -0.2) is 4.39 Å². The summed E-state index contributed by atoms with van der Waals surface area (Å²) in [6.45, 7) is 2.02. The molecule has 0 radical (unpaired) electrons. The van der Waals surface area contributed by atoms with Crippen molar-refractivity contribution in [1.29, 1.82) is 0 Å². The lowest BCUT2D eigenvalue weighted by Crippen LogP contribution is -1.91. The number of benzene rings is 2. The Bertz CT molecular complexity index is 811. The van der Waals surface area contributed by atoms with E-state index in [0.29, 0.717) is 10.3 Å². The van der Waals surface area contributed by atoms with E-state index in [2.05, 4.69) is 26.1 Å². The lowest BCUT2D eigenvalue weighted by Gasteiger charge is -2.08. The van der Waals surface area contributed by atoms with Crippen molar-refractivity contribution in [1.82, 2.24) is 10.2 Å². The number of aromatic amines is 1. The van der Waals surface area contributed by atoms with Crippen molar-refractivity contribution in [2.24, 2.45) is 0 Å². The molecule has 5 heteroatoms. The molecule has 0 saturated carbocycles.